The summed E-state index contributed by atoms with van der Waals surface area (Å²) in [7, 11) is 0. The Balaban J connectivity index is 1.60. The summed E-state index contributed by atoms with van der Waals surface area (Å²) in [5, 5.41) is 3.84. The lowest BCUT2D eigenvalue weighted by Crippen LogP contribution is -2.53. The van der Waals surface area contributed by atoms with E-state index in [2.05, 4.69) is 17.1 Å². The Morgan fingerprint density at radius 1 is 1.00 bits per heavy atom. The lowest BCUT2D eigenvalue weighted by atomic mass is 9.88. The Hall–Kier alpha value is -0.0800. The molecule has 0 aromatic rings. The van der Waals surface area contributed by atoms with Gasteiger partial charge in [0, 0.05) is 24.7 Å². The van der Waals surface area contributed by atoms with Crippen molar-refractivity contribution in [2.75, 3.05) is 13.1 Å². The van der Waals surface area contributed by atoms with Gasteiger partial charge < -0.3 is 5.32 Å². The second-order valence-corrected chi connectivity index (χ2v) is 6.78. The molecule has 2 atom stereocenters. The van der Waals surface area contributed by atoms with Crippen LogP contribution in [0.25, 0.3) is 0 Å². The molecule has 0 saturated heterocycles. The van der Waals surface area contributed by atoms with Gasteiger partial charge in [-0.15, -0.1) is 0 Å². The molecule has 2 unspecified atom stereocenters. The summed E-state index contributed by atoms with van der Waals surface area (Å²) in [5.74, 6) is 1.05. The minimum atomic E-state index is 0.790. The van der Waals surface area contributed by atoms with Crippen LogP contribution in [-0.2, 0) is 0 Å². The normalized spacial score (nSPS) is 33.0. The van der Waals surface area contributed by atoms with Gasteiger partial charge in [-0.2, -0.15) is 0 Å². The van der Waals surface area contributed by atoms with Crippen molar-refractivity contribution in [3.63, 3.8) is 0 Å². The molecule has 0 bridgehead atoms. The minimum Gasteiger partial charge on any atom is -0.312 e. The van der Waals surface area contributed by atoms with E-state index in [1.54, 1.807) is 0 Å². The van der Waals surface area contributed by atoms with Crippen molar-refractivity contribution in [2.24, 2.45) is 5.92 Å². The summed E-state index contributed by atoms with van der Waals surface area (Å²) in [6.45, 7) is 4.91. The first kappa shape index (κ1) is 12.9. The second kappa shape index (κ2) is 5.92. The molecule has 3 rings (SSSR count). The summed E-state index contributed by atoms with van der Waals surface area (Å²) in [6, 6.07) is 2.61. The van der Waals surface area contributed by atoms with E-state index in [0.29, 0.717) is 0 Å². The predicted octanol–water partition coefficient (Wildman–Crippen LogP) is 3.17. The monoisotopic (exact) mass is 250 g/mol. The van der Waals surface area contributed by atoms with Crippen LogP contribution >= 0.6 is 0 Å². The van der Waals surface area contributed by atoms with Gasteiger partial charge in [-0.1, -0.05) is 19.8 Å². The highest BCUT2D eigenvalue weighted by atomic mass is 15.2. The molecule has 104 valence electrons. The first-order chi connectivity index (χ1) is 8.88. The van der Waals surface area contributed by atoms with Crippen LogP contribution < -0.4 is 5.32 Å². The first-order valence-corrected chi connectivity index (χ1v) is 8.37. The van der Waals surface area contributed by atoms with Crippen molar-refractivity contribution in [2.45, 2.75) is 82.8 Å². The fourth-order valence-corrected chi connectivity index (χ4v) is 3.64. The maximum absolute atomic E-state index is 3.84. The molecular formula is C16H30N2. The minimum absolute atomic E-state index is 0.790. The predicted molar refractivity (Wildman–Crippen MR) is 76.8 cm³/mol. The van der Waals surface area contributed by atoms with Crippen LogP contribution in [0.15, 0.2) is 0 Å². The third-order valence-electron chi connectivity index (χ3n) is 4.99. The quantitative estimate of drug-likeness (QED) is 0.746. The van der Waals surface area contributed by atoms with Gasteiger partial charge in [0.1, 0.15) is 0 Å². The Bertz CT molecular complexity index is 258. The number of rotatable bonds is 7. The molecule has 0 heterocycles. The van der Waals surface area contributed by atoms with Crippen molar-refractivity contribution in [3.8, 4) is 0 Å². The second-order valence-electron chi connectivity index (χ2n) is 6.78. The third-order valence-corrected chi connectivity index (χ3v) is 4.99. The summed E-state index contributed by atoms with van der Waals surface area (Å²) in [4.78, 5) is 2.92. The topological polar surface area (TPSA) is 15.3 Å². The van der Waals surface area contributed by atoms with Gasteiger partial charge in [-0.05, 0) is 57.4 Å². The molecule has 0 radical (unpaired) electrons. The zero-order chi connectivity index (χ0) is 12.4. The molecule has 0 aliphatic heterocycles. The van der Waals surface area contributed by atoms with Crippen LogP contribution in [0.3, 0.4) is 0 Å². The van der Waals surface area contributed by atoms with Crippen LogP contribution in [-0.4, -0.2) is 36.1 Å². The van der Waals surface area contributed by atoms with Gasteiger partial charge in [0.05, 0.1) is 0 Å². The van der Waals surface area contributed by atoms with Gasteiger partial charge in [0.2, 0.25) is 0 Å². The highest BCUT2D eigenvalue weighted by molar-refractivity contribution is 4.97. The number of nitrogens with zero attached hydrogens (tertiary/aromatic N) is 1. The van der Waals surface area contributed by atoms with Crippen molar-refractivity contribution in [3.05, 3.63) is 0 Å². The molecule has 2 heteroatoms. The fraction of sp³-hybridized carbons (Fsp3) is 1.00. The van der Waals surface area contributed by atoms with Gasteiger partial charge in [0.25, 0.3) is 0 Å². The highest BCUT2D eigenvalue weighted by Gasteiger charge is 2.40. The number of hydrogen-bond acceptors (Lipinski definition) is 2. The van der Waals surface area contributed by atoms with Crippen molar-refractivity contribution < 1.29 is 0 Å². The van der Waals surface area contributed by atoms with E-state index in [-0.39, 0.29) is 0 Å². The van der Waals surface area contributed by atoms with Crippen molar-refractivity contribution >= 4 is 0 Å². The Morgan fingerprint density at radius 2 is 1.78 bits per heavy atom. The average molecular weight is 250 g/mol. The molecule has 3 aliphatic carbocycles. The number of nitrogens with one attached hydrogen (secondary N) is 1. The maximum Gasteiger partial charge on any atom is 0.0252 e. The first-order valence-electron chi connectivity index (χ1n) is 8.37. The standard InChI is InChI=1S/C16H30N2/c1-2-11-17-15-5-3-4-6-16(15)18(14-9-10-14)12-13-7-8-13/h13-17H,2-12H2,1H3. The van der Waals surface area contributed by atoms with Gasteiger partial charge in [-0.25, -0.2) is 0 Å². The van der Waals surface area contributed by atoms with E-state index in [9.17, 15) is 0 Å². The molecule has 0 amide bonds. The van der Waals surface area contributed by atoms with Gasteiger partial charge in [0.15, 0.2) is 0 Å². The van der Waals surface area contributed by atoms with Crippen LogP contribution in [0, 0.1) is 5.92 Å². The van der Waals surface area contributed by atoms with E-state index in [1.807, 2.05) is 0 Å². The molecule has 3 saturated carbocycles. The zero-order valence-electron chi connectivity index (χ0n) is 12.0. The summed E-state index contributed by atoms with van der Waals surface area (Å²) < 4.78 is 0. The molecule has 0 aromatic carbocycles. The van der Waals surface area contributed by atoms with E-state index < -0.39 is 0 Å². The molecular weight excluding hydrogens is 220 g/mol. The van der Waals surface area contributed by atoms with Gasteiger partial charge in [-0.3, -0.25) is 4.90 Å². The average Bonchev–Trinajstić information content (AvgIpc) is 3.27. The van der Waals surface area contributed by atoms with E-state index in [0.717, 1.165) is 24.0 Å². The lowest BCUT2D eigenvalue weighted by molar-refractivity contribution is 0.108. The Kier molecular flexibility index (Phi) is 4.25. The van der Waals surface area contributed by atoms with Gasteiger partial charge >= 0.3 is 0 Å². The molecule has 0 aromatic heterocycles. The van der Waals surface area contributed by atoms with Crippen LogP contribution in [0.1, 0.15) is 64.7 Å². The highest BCUT2D eigenvalue weighted by Crippen LogP contribution is 2.38. The fourth-order valence-electron chi connectivity index (χ4n) is 3.64. The molecule has 3 aliphatic rings. The molecule has 3 fully saturated rings. The molecule has 18 heavy (non-hydrogen) atoms. The SMILES string of the molecule is CCCNC1CCCCC1N(CC1CC1)C1CC1. The lowest BCUT2D eigenvalue weighted by Gasteiger charge is -2.41. The molecule has 0 spiro atoms. The number of hydrogen-bond donors (Lipinski definition) is 1. The zero-order valence-corrected chi connectivity index (χ0v) is 12.0. The van der Waals surface area contributed by atoms with E-state index in [1.165, 1.54) is 70.9 Å². The molecule has 2 nitrogen and oxygen atoms in total. The summed E-state index contributed by atoms with van der Waals surface area (Å²) >= 11 is 0. The van der Waals surface area contributed by atoms with Crippen LogP contribution in [0.4, 0.5) is 0 Å². The summed E-state index contributed by atoms with van der Waals surface area (Å²) in [5.41, 5.74) is 0. The maximum atomic E-state index is 3.84. The Labute approximate surface area is 113 Å². The van der Waals surface area contributed by atoms with E-state index >= 15 is 0 Å². The smallest absolute Gasteiger partial charge is 0.0252 e. The third kappa shape index (κ3) is 3.27. The Morgan fingerprint density at radius 3 is 2.44 bits per heavy atom. The van der Waals surface area contributed by atoms with Crippen molar-refractivity contribution in [1.29, 1.82) is 0 Å². The van der Waals surface area contributed by atoms with E-state index in [4.69, 9.17) is 0 Å². The van der Waals surface area contributed by atoms with Crippen molar-refractivity contribution in [1.82, 2.24) is 10.2 Å². The van der Waals surface area contributed by atoms with Crippen LogP contribution in [0.5, 0.6) is 0 Å². The molecule has 1 N–H and O–H groups in total. The largest absolute Gasteiger partial charge is 0.312 e. The van der Waals surface area contributed by atoms with Crippen LogP contribution in [0.2, 0.25) is 0 Å². The summed E-state index contributed by atoms with van der Waals surface area (Å²) in [6.07, 6.45) is 13.0.